The summed E-state index contributed by atoms with van der Waals surface area (Å²) in [5, 5.41) is 6.08. The lowest BCUT2D eigenvalue weighted by molar-refractivity contribution is -0.143. The molecule has 3 aromatic carbocycles. The Bertz CT molecular complexity index is 1190. The van der Waals surface area contributed by atoms with Gasteiger partial charge in [0.05, 0.1) is 0 Å². The summed E-state index contributed by atoms with van der Waals surface area (Å²) in [4.78, 5) is 28.4. The van der Waals surface area contributed by atoms with Crippen molar-refractivity contribution in [1.29, 1.82) is 0 Å². The van der Waals surface area contributed by atoms with E-state index in [0.717, 1.165) is 42.0 Å². The molecule has 1 aliphatic carbocycles. The number of carbonyl (C=O) groups is 2. The van der Waals surface area contributed by atoms with Gasteiger partial charge in [0.25, 0.3) is 5.91 Å². The molecule has 1 fully saturated rings. The van der Waals surface area contributed by atoms with E-state index < -0.39 is 6.04 Å². The molecule has 1 saturated carbocycles. The number of hydrogen-bond donors (Lipinski definition) is 1. The van der Waals surface area contributed by atoms with Crippen LogP contribution in [0.4, 0.5) is 0 Å². The number of rotatable bonds is 9. The van der Waals surface area contributed by atoms with Gasteiger partial charge in [-0.1, -0.05) is 85.4 Å². The van der Waals surface area contributed by atoms with E-state index in [4.69, 9.17) is 27.9 Å². The molecule has 2 amide bonds. The summed E-state index contributed by atoms with van der Waals surface area (Å²) >= 11 is 12.5. The van der Waals surface area contributed by atoms with E-state index in [0.29, 0.717) is 22.2 Å². The van der Waals surface area contributed by atoms with E-state index in [-0.39, 0.29) is 31.0 Å². The molecule has 0 aliphatic heterocycles. The molecule has 0 heterocycles. The van der Waals surface area contributed by atoms with E-state index in [1.807, 2.05) is 49.4 Å². The molecule has 0 radical (unpaired) electrons. The third kappa shape index (κ3) is 6.28. The third-order valence-corrected chi connectivity index (χ3v) is 7.13. The molecule has 35 heavy (non-hydrogen) atoms. The topological polar surface area (TPSA) is 58.6 Å². The molecule has 1 aliphatic rings. The van der Waals surface area contributed by atoms with Crippen molar-refractivity contribution in [3.05, 3.63) is 76.3 Å². The Morgan fingerprint density at radius 2 is 1.80 bits per heavy atom. The lowest BCUT2D eigenvalue weighted by Crippen LogP contribution is -2.52. The molecule has 0 unspecified atom stereocenters. The summed E-state index contributed by atoms with van der Waals surface area (Å²) in [7, 11) is 0. The van der Waals surface area contributed by atoms with Gasteiger partial charge in [0.15, 0.2) is 6.61 Å². The van der Waals surface area contributed by atoms with Crippen molar-refractivity contribution in [2.75, 3.05) is 6.61 Å². The molecule has 4 rings (SSSR count). The zero-order chi connectivity index (χ0) is 24.8. The maximum atomic E-state index is 13.5. The number of hydrogen-bond acceptors (Lipinski definition) is 3. The van der Waals surface area contributed by atoms with Crippen LogP contribution in [0, 0.1) is 0 Å². The molecular formula is C28H30Cl2N2O3. The minimum absolute atomic E-state index is 0.136. The Kier molecular flexibility index (Phi) is 8.53. The molecule has 0 saturated heterocycles. The van der Waals surface area contributed by atoms with Crippen molar-refractivity contribution >= 4 is 45.8 Å². The number of halogens is 2. The van der Waals surface area contributed by atoms with Gasteiger partial charge < -0.3 is 15.0 Å². The lowest BCUT2D eigenvalue weighted by atomic mass is 10.1. The van der Waals surface area contributed by atoms with Gasteiger partial charge in [-0.25, -0.2) is 0 Å². The highest BCUT2D eigenvalue weighted by Gasteiger charge is 2.31. The number of nitrogens with zero attached hydrogens (tertiary/aromatic N) is 1. The first-order chi connectivity index (χ1) is 17.0. The first-order valence-electron chi connectivity index (χ1n) is 12.1. The number of amides is 2. The van der Waals surface area contributed by atoms with Crippen LogP contribution in [0.5, 0.6) is 5.75 Å². The van der Waals surface area contributed by atoms with Crippen molar-refractivity contribution in [3.8, 4) is 5.75 Å². The van der Waals surface area contributed by atoms with Crippen LogP contribution in [0.25, 0.3) is 10.8 Å². The van der Waals surface area contributed by atoms with Crippen LogP contribution in [0.1, 0.15) is 44.6 Å². The number of nitrogens with one attached hydrogen (secondary N) is 1. The smallest absolute Gasteiger partial charge is 0.261 e. The average molecular weight is 513 g/mol. The number of ether oxygens (including phenoxy) is 1. The summed E-state index contributed by atoms with van der Waals surface area (Å²) < 4.78 is 5.98. The highest BCUT2D eigenvalue weighted by Crippen LogP contribution is 2.27. The normalized spacial score (nSPS) is 14.6. The van der Waals surface area contributed by atoms with Crippen LogP contribution in [0.3, 0.4) is 0 Å². The molecule has 1 atom stereocenters. The zero-order valence-corrected chi connectivity index (χ0v) is 21.3. The quantitative estimate of drug-likeness (QED) is 0.361. The Balaban J connectivity index is 1.56. The van der Waals surface area contributed by atoms with Gasteiger partial charge >= 0.3 is 0 Å². The van der Waals surface area contributed by atoms with E-state index in [1.54, 1.807) is 23.1 Å². The van der Waals surface area contributed by atoms with Gasteiger partial charge in [-0.3, -0.25) is 9.59 Å². The fraction of sp³-hybridized carbons (Fsp3) is 0.357. The second-order valence-electron chi connectivity index (χ2n) is 8.94. The Morgan fingerprint density at radius 3 is 2.54 bits per heavy atom. The Labute approximate surface area is 216 Å². The van der Waals surface area contributed by atoms with Crippen LogP contribution < -0.4 is 10.1 Å². The summed E-state index contributed by atoms with van der Waals surface area (Å²) in [6.45, 7) is 1.91. The maximum Gasteiger partial charge on any atom is 0.261 e. The van der Waals surface area contributed by atoms with Crippen molar-refractivity contribution in [1.82, 2.24) is 10.2 Å². The van der Waals surface area contributed by atoms with E-state index >= 15 is 0 Å². The predicted molar refractivity (Wildman–Crippen MR) is 141 cm³/mol. The van der Waals surface area contributed by atoms with Gasteiger partial charge in [-0.2, -0.15) is 0 Å². The molecule has 7 heteroatoms. The Hall–Kier alpha value is -2.76. The van der Waals surface area contributed by atoms with Crippen molar-refractivity contribution in [2.45, 2.75) is 57.7 Å². The van der Waals surface area contributed by atoms with Gasteiger partial charge in [-0.15, -0.1) is 0 Å². The first-order valence-corrected chi connectivity index (χ1v) is 12.9. The van der Waals surface area contributed by atoms with E-state index in [9.17, 15) is 9.59 Å². The first kappa shape index (κ1) is 25.3. The average Bonchev–Trinajstić information content (AvgIpc) is 3.36. The van der Waals surface area contributed by atoms with Crippen LogP contribution in [0.15, 0.2) is 60.7 Å². The van der Waals surface area contributed by atoms with Crippen LogP contribution in [0.2, 0.25) is 10.0 Å². The minimum Gasteiger partial charge on any atom is -0.483 e. The fourth-order valence-corrected chi connectivity index (χ4v) is 5.13. The summed E-state index contributed by atoms with van der Waals surface area (Å²) in [6.07, 6.45) is 4.66. The molecular weight excluding hydrogens is 483 g/mol. The highest BCUT2D eigenvalue weighted by atomic mass is 35.5. The SMILES string of the molecule is CC[C@H](C(=O)NC1CCCC1)N(Cc1ccc(Cl)cc1Cl)C(=O)COc1cccc2ccccc12. The fourth-order valence-electron chi connectivity index (χ4n) is 4.66. The molecule has 3 aromatic rings. The number of fused-ring (bicyclic) bond motifs is 1. The second-order valence-corrected chi connectivity index (χ2v) is 9.78. The number of benzene rings is 3. The summed E-state index contributed by atoms with van der Waals surface area (Å²) in [5.41, 5.74) is 0.724. The van der Waals surface area contributed by atoms with Crippen LogP contribution >= 0.6 is 23.2 Å². The zero-order valence-electron chi connectivity index (χ0n) is 19.8. The van der Waals surface area contributed by atoms with Gasteiger partial charge in [-0.05, 0) is 48.4 Å². The van der Waals surface area contributed by atoms with Crippen molar-refractivity contribution in [2.24, 2.45) is 0 Å². The molecule has 0 aromatic heterocycles. The standard InChI is InChI=1S/C28H30Cl2N2O3/c1-2-25(28(34)31-22-10-4-5-11-22)32(17-20-14-15-21(29)16-24(20)30)27(33)18-35-26-13-7-9-19-8-3-6-12-23(19)26/h3,6-9,12-16,22,25H,2,4-5,10-11,17-18H2,1H3,(H,31,34)/t25-/m1/s1. The molecule has 0 bridgehead atoms. The second kappa shape index (κ2) is 11.8. The summed E-state index contributed by atoms with van der Waals surface area (Å²) in [6, 6.07) is 18.3. The highest BCUT2D eigenvalue weighted by molar-refractivity contribution is 6.35. The minimum atomic E-state index is -0.633. The largest absolute Gasteiger partial charge is 0.483 e. The van der Waals surface area contributed by atoms with Crippen molar-refractivity contribution < 1.29 is 14.3 Å². The lowest BCUT2D eigenvalue weighted by Gasteiger charge is -2.31. The van der Waals surface area contributed by atoms with Crippen LogP contribution in [-0.4, -0.2) is 35.4 Å². The van der Waals surface area contributed by atoms with E-state index in [1.165, 1.54) is 0 Å². The molecule has 1 N–H and O–H groups in total. The molecule has 5 nitrogen and oxygen atoms in total. The summed E-state index contributed by atoms with van der Waals surface area (Å²) in [5.74, 6) is 0.213. The third-order valence-electron chi connectivity index (χ3n) is 6.54. The Morgan fingerprint density at radius 1 is 1.06 bits per heavy atom. The van der Waals surface area contributed by atoms with Crippen molar-refractivity contribution in [3.63, 3.8) is 0 Å². The maximum absolute atomic E-state index is 13.5. The van der Waals surface area contributed by atoms with Gasteiger partial charge in [0.2, 0.25) is 5.91 Å². The van der Waals surface area contributed by atoms with Crippen LogP contribution in [-0.2, 0) is 16.1 Å². The predicted octanol–water partition coefficient (Wildman–Crippen LogP) is 6.39. The van der Waals surface area contributed by atoms with E-state index in [2.05, 4.69) is 5.32 Å². The van der Waals surface area contributed by atoms with Gasteiger partial charge in [0.1, 0.15) is 11.8 Å². The molecule has 184 valence electrons. The van der Waals surface area contributed by atoms with Gasteiger partial charge in [0, 0.05) is 28.0 Å². The molecule has 0 spiro atoms. The monoisotopic (exact) mass is 512 g/mol. The number of carbonyl (C=O) groups excluding carboxylic acids is 2.